The van der Waals surface area contributed by atoms with E-state index < -0.39 is 0 Å². The van der Waals surface area contributed by atoms with Gasteiger partial charge in [-0.25, -0.2) is 0 Å². The number of rotatable bonds is 0. The molecule has 28 valence electrons. The van der Waals surface area contributed by atoms with Gasteiger partial charge in [-0.15, -0.1) is 0 Å². The Kier molecular flexibility index (Phi) is 57.8. The van der Waals surface area contributed by atoms with Crippen molar-refractivity contribution < 1.29 is 29.1 Å². The number of hydrogen-bond donors (Lipinski definition) is 1. The van der Waals surface area contributed by atoms with Crippen LogP contribution in [0.15, 0.2) is 0 Å². The molecule has 0 aromatic carbocycles. The van der Waals surface area contributed by atoms with Gasteiger partial charge in [0.2, 0.25) is 0 Å². The molecule has 1 nitrogen and oxygen atoms in total. The minimum atomic E-state index is 0. The van der Waals surface area contributed by atoms with Crippen molar-refractivity contribution in [1.29, 1.82) is 0 Å². The Morgan fingerprint density at radius 2 is 1.60 bits per heavy atom. The average molecular weight is 197 g/mol. The summed E-state index contributed by atoms with van der Waals surface area (Å²) in [6.45, 7) is 1.93. The zero-order valence-corrected chi connectivity index (χ0v) is 6.81. The van der Waals surface area contributed by atoms with E-state index in [-0.39, 0.29) is 53.6 Å². The van der Waals surface area contributed by atoms with Crippen molar-refractivity contribution in [1.82, 2.24) is 0 Å². The van der Waals surface area contributed by atoms with Crippen LogP contribution in [0.5, 0.6) is 0 Å². The van der Waals surface area contributed by atoms with Crippen molar-refractivity contribution in [3.63, 3.8) is 0 Å². The van der Waals surface area contributed by atoms with E-state index in [1.807, 2.05) is 0 Å². The third-order valence-corrected chi connectivity index (χ3v) is 0. The van der Waals surface area contributed by atoms with E-state index in [2.05, 4.69) is 0 Å². The van der Waals surface area contributed by atoms with Crippen LogP contribution in [-0.2, 0) is 0 Å². The summed E-state index contributed by atoms with van der Waals surface area (Å²) in [7, 11) is 0. The average Bonchev–Trinajstić information content (AvgIpc) is 0.918. The molecule has 0 rings (SSSR count). The van der Waals surface area contributed by atoms with E-state index in [4.69, 9.17) is 5.11 Å². The van der Waals surface area contributed by atoms with Crippen LogP contribution in [0.3, 0.4) is 0 Å². The fraction of sp³-hybridized carbons (Fsp3) is 1.00. The summed E-state index contributed by atoms with van der Waals surface area (Å²) >= 11 is 0. The zero-order valence-electron chi connectivity index (χ0n) is 3.24. The molecule has 0 aromatic rings. The molecule has 0 heterocycles. The van der Waals surface area contributed by atoms with Crippen LogP contribution in [0.4, 0.5) is 0 Å². The summed E-state index contributed by atoms with van der Waals surface area (Å²) in [6.07, 6.45) is 0. The first kappa shape index (κ1) is 16.1. The van der Waals surface area contributed by atoms with E-state index in [0.29, 0.717) is 0 Å². The molecule has 1 N–H and O–H groups in total. The molecule has 0 atom stereocenters. The first-order valence-electron chi connectivity index (χ1n) is 1.02. The van der Waals surface area contributed by atoms with Crippen LogP contribution < -0.4 is 24.0 Å². The summed E-state index contributed by atoms with van der Waals surface area (Å²) in [5.41, 5.74) is 0. The molecule has 0 spiro atoms. The molecule has 0 saturated heterocycles. The second-order valence-electron chi connectivity index (χ2n) is 0.316. The summed E-state index contributed by atoms with van der Waals surface area (Å²) in [5, 5.41) is 7.57. The van der Waals surface area contributed by atoms with E-state index >= 15 is 0 Å². The summed E-state index contributed by atoms with van der Waals surface area (Å²) in [4.78, 5) is 0. The van der Waals surface area contributed by atoms with Crippen LogP contribution in [0.25, 0.3) is 0 Å². The summed E-state index contributed by atoms with van der Waals surface area (Å²) in [6, 6.07) is 0. The van der Waals surface area contributed by atoms with Crippen molar-refractivity contribution in [3.8, 4) is 0 Å². The predicted molar refractivity (Wildman–Crippen MR) is 18.5 cm³/mol. The van der Waals surface area contributed by atoms with Gasteiger partial charge in [-0.2, -0.15) is 0 Å². The molecular weight excluding hydrogens is 191 g/mol. The number of hydrogen-bond acceptors (Lipinski definition) is 1. The Labute approximate surface area is 65.3 Å². The molecule has 0 aliphatic heterocycles. The van der Waals surface area contributed by atoms with Crippen LogP contribution in [-0.4, -0.2) is 34.8 Å². The fourth-order valence-electron chi connectivity index (χ4n) is 0. The zero-order chi connectivity index (χ0) is 2.71. The second-order valence-corrected chi connectivity index (χ2v) is 0.316. The van der Waals surface area contributed by atoms with Crippen molar-refractivity contribution in [3.05, 3.63) is 0 Å². The van der Waals surface area contributed by atoms with Gasteiger partial charge in [0, 0.05) is 6.61 Å². The van der Waals surface area contributed by atoms with Crippen molar-refractivity contribution in [2.45, 2.75) is 6.92 Å². The molecule has 0 fully saturated rings. The number of aliphatic hydroxyl groups excluding tert-OH is 1. The number of halogens is 1. The van der Waals surface area contributed by atoms with Crippen LogP contribution in [0.1, 0.15) is 6.92 Å². The maximum atomic E-state index is 7.57. The molecule has 0 radical (unpaired) electrons. The topological polar surface area (TPSA) is 20.2 Å². The molecule has 3 heteroatoms. The summed E-state index contributed by atoms with van der Waals surface area (Å²) in [5.74, 6) is 0. The minimum absolute atomic E-state index is 0. The van der Waals surface area contributed by atoms with Gasteiger partial charge in [0.1, 0.15) is 0 Å². The molecule has 0 unspecified atom stereocenters. The molecule has 5 heavy (non-hydrogen) atoms. The van der Waals surface area contributed by atoms with Crippen LogP contribution in [0.2, 0.25) is 0 Å². The van der Waals surface area contributed by atoms with E-state index in [1.54, 1.807) is 6.92 Å². The molecule has 0 aromatic heterocycles. The molecular formula is C2H6IMgO+. The maximum absolute atomic E-state index is 7.57. The molecule has 0 amide bonds. The van der Waals surface area contributed by atoms with Crippen molar-refractivity contribution >= 4 is 23.1 Å². The Hall–Kier alpha value is 1.46. The minimum Gasteiger partial charge on any atom is -1.00 e. The van der Waals surface area contributed by atoms with Crippen LogP contribution >= 0.6 is 0 Å². The Morgan fingerprint density at radius 3 is 1.60 bits per heavy atom. The van der Waals surface area contributed by atoms with E-state index in [1.165, 1.54) is 0 Å². The first-order valence-corrected chi connectivity index (χ1v) is 1.02. The Morgan fingerprint density at radius 1 is 1.60 bits per heavy atom. The van der Waals surface area contributed by atoms with Gasteiger partial charge >= 0.3 is 23.1 Å². The molecule has 0 aliphatic carbocycles. The third-order valence-electron chi connectivity index (χ3n) is 0. The Balaban J connectivity index is -0.0000000200. The monoisotopic (exact) mass is 197 g/mol. The van der Waals surface area contributed by atoms with Gasteiger partial charge in [0.15, 0.2) is 0 Å². The number of aliphatic hydroxyl groups is 1. The summed E-state index contributed by atoms with van der Waals surface area (Å²) < 4.78 is 0. The van der Waals surface area contributed by atoms with Gasteiger partial charge in [0.25, 0.3) is 0 Å². The molecule has 0 saturated carbocycles. The van der Waals surface area contributed by atoms with Gasteiger partial charge in [-0.3, -0.25) is 0 Å². The van der Waals surface area contributed by atoms with Gasteiger partial charge in [-0.1, -0.05) is 0 Å². The predicted octanol–water partition coefficient (Wildman–Crippen LogP) is -3.38. The van der Waals surface area contributed by atoms with Crippen molar-refractivity contribution in [2.75, 3.05) is 6.61 Å². The van der Waals surface area contributed by atoms with Gasteiger partial charge in [0.05, 0.1) is 0 Å². The standard InChI is InChI=1S/C2H6O.HI.Mg/c1-2-3;;/h3H,2H2,1H3;1H;/q;;+2/p-1. The third kappa shape index (κ3) is 30.7. The SMILES string of the molecule is CCO.[I-].[Mg+2]. The Bertz CT molecular complexity index is 9.61. The first-order chi connectivity index (χ1) is 1.41. The molecule has 0 bridgehead atoms. The van der Waals surface area contributed by atoms with Crippen LogP contribution in [0, 0.1) is 0 Å². The molecule has 0 aliphatic rings. The van der Waals surface area contributed by atoms with Crippen molar-refractivity contribution in [2.24, 2.45) is 0 Å². The smallest absolute Gasteiger partial charge is 1.00 e. The quantitative estimate of drug-likeness (QED) is 0.317. The van der Waals surface area contributed by atoms with E-state index in [9.17, 15) is 0 Å². The fourth-order valence-corrected chi connectivity index (χ4v) is 0. The van der Waals surface area contributed by atoms with E-state index in [0.717, 1.165) is 0 Å². The van der Waals surface area contributed by atoms with Gasteiger partial charge < -0.3 is 29.1 Å². The normalized spacial score (nSPS) is 3.60. The second kappa shape index (κ2) is 18.0. The van der Waals surface area contributed by atoms with Gasteiger partial charge in [-0.05, 0) is 6.92 Å². The largest absolute Gasteiger partial charge is 2.00 e. The maximum Gasteiger partial charge on any atom is 2.00 e.